The first-order valence-electron chi connectivity index (χ1n) is 11.2. The highest BCUT2D eigenvalue weighted by Crippen LogP contribution is 2.26. The molecule has 3 heterocycles. The van der Waals surface area contributed by atoms with Gasteiger partial charge in [0.1, 0.15) is 11.5 Å². The van der Waals surface area contributed by atoms with Crippen molar-refractivity contribution in [1.29, 1.82) is 5.26 Å². The van der Waals surface area contributed by atoms with E-state index in [2.05, 4.69) is 26.6 Å². The number of hydrogen-bond acceptors (Lipinski definition) is 6. The number of benzene rings is 1. The molecule has 0 saturated carbocycles. The molecule has 2 N–H and O–H groups in total. The number of hydrogen-bond donors (Lipinski definition) is 2. The molecule has 34 heavy (non-hydrogen) atoms. The van der Waals surface area contributed by atoms with Crippen molar-refractivity contribution in [3.63, 3.8) is 0 Å². The number of nitrogens with one attached hydrogen (secondary N) is 2. The lowest BCUT2D eigenvalue weighted by atomic mass is 9.99. The summed E-state index contributed by atoms with van der Waals surface area (Å²) in [6, 6.07) is 17.1. The lowest BCUT2D eigenvalue weighted by molar-refractivity contribution is 0.0742. The van der Waals surface area contributed by atoms with E-state index >= 15 is 0 Å². The number of aromatic nitrogens is 3. The first-order valence-corrected chi connectivity index (χ1v) is 11.2. The van der Waals surface area contributed by atoms with Gasteiger partial charge in [0.05, 0.1) is 23.9 Å². The third-order valence-corrected chi connectivity index (χ3v) is 5.64. The van der Waals surface area contributed by atoms with Gasteiger partial charge < -0.3 is 14.6 Å². The lowest BCUT2D eigenvalue weighted by Crippen LogP contribution is -2.30. The average molecular weight is 455 g/mol. The molecule has 3 aromatic heterocycles. The van der Waals surface area contributed by atoms with E-state index in [9.17, 15) is 4.79 Å². The minimum Gasteiger partial charge on any atom is -0.449 e. The number of amides is 1. The number of pyridine rings is 1. The molecule has 0 aliphatic heterocycles. The van der Waals surface area contributed by atoms with Gasteiger partial charge in [0.2, 0.25) is 0 Å². The molecule has 0 radical (unpaired) electrons. The summed E-state index contributed by atoms with van der Waals surface area (Å²) in [7, 11) is 0. The van der Waals surface area contributed by atoms with E-state index < -0.39 is 0 Å². The zero-order valence-corrected chi connectivity index (χ0v) is 19.4. The van der Waals surface area contributed by atoms with Gasteiger partial charge in [-0.2, -0.15) is 10.4 Å². The van der Waals surface area contributed by atoms with E-state index in [1.165, 1.54) is 0 Å². The molecule has 8 nitrogen and oxygen atoms in total. The van der Waals surface area contributed by atoms with Gasteiger partial charge >= 0.3 is 0 Å². The molecule has 0 aliphatic carbocycles. The molecule has 1 aromatic carbocycles. The monoisotopic (exact) mass is 454 g/mol. The highest BCUT2D eigenvalue weighted by molar-refractivity contribution is 5.92. The second-order valence-electron chi connectivity index (χ2n) is 7.84. The van der Waals surface area contributed by atoms with E-state index in [1.54, 1.807) is 23.2 Å². The standard InChI is InChI=1S/C26H26N6O2/c1-4-32(5-2)26(33)24-9-8-23(34-24)22-14-20(30-31-22)16-29-25-13-19(10-11-28-25)21-7-6-18(15-27)12-17(21)3/h6-14H,4-5,16H2,1-3H3,(H,28,29)(H,30,31). The number of rotatable bonds is 8. The molecule has 0 aliphatic rings. The third-order valence-electron chi connectivity index (χ3n) is 5.64. The van der Waals surface area contributed by atoms with Crippen LogP contribution in [-0.4, -0.2) is 39.1 Å². The summed E-state index contributed by atoms with van der Waals surface area (Å²) in [5, 5.41) is 19.7. The van der Waals surface area contributed by atoms with E-state index in [0.717, 1.165) is 28.2 Å². The third kappa shape index (κ3) is 4.84. The Morgan fingerprint density at radius 1 is 1.15 bits per heavy atom. The number of carbonyl (C=O) groups excluding carboxylic acids is 1. The Morgan fingerprint density at radius 3 is 2.71 bits per heavy atom. The number of H-pyrrole nitrogens is 1. The van der Waals surface area contributed by atoms with Gasteiger partial charge in [-0.3, -0.25) is 9.89 Å². The van der Waals surface area contributed by atoms with Gasteiger partial charge in [0.25, 0.3) is 5.91 Å². The molecule has 172 valence electrons. The molecular formula is C26H26N6O2. The molecule has 0 fully saturated rings. The maximum atomic E-state index is 12.5. The second-order valence-corrected chi connectivity index (χ2v) is 7.84. The van der Waals surface area contributed by atoms with Crippen LogP contribution in [0.5, 0.6) is 0 Å². The predicted molar refractivity (Wildman–Crippen MR) is 130 cm³/mol. The van der Waals surface area contributed by atoms with Crippen LogP contribution < -0.4 is 5.32 Å². The Balaban J connectivity index is 1.44. The van der Waals surface area contributed by atoms with Crippen LogP contribution >= 0.6 is 0 Å². The summed E-state index contributed by atoms with van der Waals surface area (Å²) < 4.78 is 5.77. The number of carbonyl (C=O) groups is 1. The molecule has 1 amide bonds. The molecular weight excluding hydrogens is 428 g/mol. The summed E-state index contributed by atoms with van der Waals surface area (Å²) in [6.07, 6.45) is 1.75. The first kappa shape index (κ1) is 22.8. The maximum Gasteiger partial charge on any atom is 0.289 e. The summed E-state index contributed by atoms with van der Waals surface area (Å²) in [5.74, 6) is 1.47. The van der Waals surface area contributed by atoms with Crippen molar-refractivity contribution < 1.29 is 9.21 Å². The van der Waals surface area contributed by atoms with Crippen LogP contribution in [0.15, 0.2) is 59.1 Å². The molecule has 0 bridgehead atoms. The molecule has 8 heteroatoms. The molecule has 4 aromatic rings. The smallest absolute Gasteiger partial charge is 0.289 e. The zero-order chi connectivity index (χ0) is 24.1. The Bertz CT molecular complexity index is 1340. The van der Waals surface area contributed by atoms with E-state index in [0.29, 0.717) is 42.4 Å². The first-order chi connectivity index (χ1) is 16.5. The van der Waals surface area contributed by atoms with Crippen LogP contribution in [-0.2, 0) is 6.54 Å². The van der Waals surface area contributed by atoms with E-state index in [1.807, 2.05) is 57.2 Å². The fourth-order valence-electron chi connectivity index (χ4n) is 3.78. The quantitative estimate of drug-likeness (QED) is 0.387. The van der Waals surface area contributed by atoms with Crippen molar-refractivity contribution >= 4 is 11.7 Å². The van der Waals surface area contributed by atoms with Crippen LogP contribution in [0.2, 0.25) is 0 Å². The Labute approximate surface area is 198 Å². The minimum absolute atomic E-state index is 0.124. The van der Waals surface area contributed by atoms with Crippen molar-refractivity contribution in [3.05, 3.63) is 77.3 Å². The Morgan fingerprint density at radius 2 is 1.97 bits per heavy atom. The van der Waals surface area contributed by atoms with Crippen molar-refractivity contribution in [3.8, 4) is 28.7 Å². The predicted octanol–water partition coefficient (Wildman–Crippen LogP) is 5.01. The molecule has 0 spiro atoms. The SMILES string of the molecule is CCN(CC)C(=O)c1ccc(-c2cc(CNc3cc(-c4ccc(C#N)cc4C)ccn3)n[nH]2)o1. The second kappa shape index (κ2) is 10.0. The van der Waals surface area contributed by atoms with Gasteiger partial charge in [0, 0.05) is 19.3 Å². The summed E-state index contributed by atoms with van der Waals surface area (Å²) in [4.78, 5) is 18.6. The van der Waals surface area contributed by atoms with Crippen LogP contribution in [0.1, 0.15) is 41.2 Å². The number of aromatic amines is 1. The number of nitriles is 1. The van der Waals surface area contributed by atoms with E-state index in [4.69, 9.17) is 9.68 Å². The Hall–Kier alpha value is -4.38. The topological polar surface area (TPSA) is 111 Å². The van der Waals surface area contributed by atoms with Gasteiger partial charge in [-0.05, 0) is 79.9 Å². The lowest BCUT2D eigenvalue weighted by Gasteiger charge is -2.16. The highest BCUT2D eigenvalue weighted by Gasteiger charge is 2.18. The van der Waals surface area contributed by atoms with Crippen LogP contribution in [0.4, 0.5) is 5.82 Å². The summed E-state index contributed by atoms with van der Waals surface area (Å²) in [6.45, 7) is 7.59. The number of nitrogens with zero attached hydrogens (tertiary/aromatic N) is 4. The van der Waals surface area contributed by atoms with Gasteiger partial charge in [0.15, 0.2) is 11.5 Å². The van der Waals surface area contributed by atoms with Crippen molar-refractivity contribution in [2.75, 3.05) is 18.4 Å². The molecule has 4 rings (SSSR count). The van der Waals surface area contributed by atoms with Crippen molar-refractivity contribution in [2.24, 2.45) is 0 Å². The molecule has 0 unspecified atom stereocenters. The highest BCUT2D eigenvalue weighted by atomic mass is 16.4. The largest absolute Gasteiger partial charge is 0.449 e. The van der Waals surface area contributed by atoms with Crippen LogP contribution in [0, 0.1) is 18.3 Å². The number of aryl methyl sites for hydroxylation is 1. The maximum absolute atomic E-state index is 12.5. The van der Waals surface area contributed by atoms with Crippen LogP contribution in [0.3, 0.4) is 0 Å². The summed E-state index contributed by atoms with van der Waals surface area (Å²) in [5.41, 5.74) is 5.23. The fourth-order valence-corrected chi connectivity index (χ4v) is 3.78. The summed E-state index contributed by atoms with van der Waals surface area (Å²) >= 11 is 0. The molecule has 0 atom stereocenters. The number of anilines is 1. The Kier molecular flexibility index (Phi) is 6.74. The van der Waals surface area contributed by atoms with Crippen molar-refractivity contribution in [1.82, 2.24) is 20.1 Å². The number of furan rings is 1. The van der Waals surface area contributed by atoms with Gasteiger partial charge in [-0.1, -0.05) is 6.07 Å². The normalized spacial score (nSPS) is 10.6. The van der Waals surface area contributed by atoms with Crippen LogP contribution in [0.25, 0.3) is 22.6 Å². The van der Waals surface area contributed by atoms with Crippen molar-refractivity contribution in [2.45, 2.75) is 27.3 Å². The average Bonchev–Trinajstić information content (AvgIpc) is 3.53. The van der Waals surface area contributed by atoms with Gasteiger partial charge in [-0.15, -0.1) is 0 Å². The zero-order valence-electron chi connectivity index (χ0n) is 19.4. The minimum atomic E-state index is -0.124. The van der Waals surface area contributed by atoms with E-state index in [-0.39, 0.29) is 5.91 Å². The molecule has 0 saturated heterocycles. The fraction of sp³-hybridized carbons (Fsp3) is 0.231. The van der Waals surface area contributed by atoms with Gasteiger partial charge in [-0.25, -0.2) is 4.98 Å².